The fraction of sp³-hybridized carbons (Fsp3) is 0.333. The first-order chi connectivity index (χ1) is 8.72. The van der Waals surface area contributed by atoms with Crippen molar-refractivity contribution in [2.45, 2.75) is 25.8 Å². The summed E-state index contributed by atoms with van der Waals surface area (Å²) in [7, 11) is 0. The van der Waals surface area contributed by atoms with Crippen molar-refractivity contribution >= 4 is 10.8 Å². The lowest BCUT2D eigenvalue weighted by atomic mass is 10.0. The summed E-state index contributed by atoms with van der Waals surface area (Å²) in [5.41, 5.74) is 0.650. The van der Waals surface area contributed by atoms with Gasteiger partial charge >= 0.3 is 0 Å². The lowest BCUT2D eigenvalue weighted by Crippen LogP contribution is -2.27. The molecule has 0 saturated heterocycles. The molecule has 1 N–H and O–H groups in total. The van der Waals surface area contributed by atoms with E-state index in [1.807, 2.05) is 43.3 Å². The Morgan fingerprint density at radius 1 is 1.06 bits per heavy atom. The van der Waals surface area contributed by atoms with Crippen LogP contribution in [0.15, 0.2) is 42.5 Å². The van der Waals surface area contributed by atoms with Gasteiger partial charge in [0.2, 0.25) is 0 Å². The fourth-order valence-electron chi connectivity index (χ4n) is 2.05. The molecule has 0 aliphatic rings. The molecular weight excluding hydrogens is 232 g/mol. The SMILES string of the molecule is CCCNC(c1ccc2ccccc2c1)C(F)F. The van der Waals surface area contributed by atoms with E-state index in [2.05, 4.69) is 5.32 Å². The van der Waals surface area contributed by atoms with Crippen LogP contribution in [0.3, 0.4) is 0 Å². The van der Waals surface area contributed by atoms with Gasteiger partial charge in [0.05, 0.1) is 6.04 Å². The van der Waals surface area contributed by atoms with E-state index >= 15 is 0 Å². The van der Waals surface area contributed by atoms with Gasteiger partial charge in [0, 0.05) is 0 Å². The number of halogens is 2. The van der Waals surface area contributed by atoms with E-state index in [4.69, 9.17) is 0 Å². The van der Waals surface area contributed by atoms with Crippen LogP contribution < -0.4 is 5.32 Å². The molecule has 0 bridgehead atoms. The molecule has 96 valence electrons. The minimum atomic E-state index is -2.39. The lowest BCUT2D eigenvalue weighted by Gasteiger charge is -2.18. The Balaban J connectivity index is 2.32. The molecule has 1 nitrogen and oxygen atoms in total. The number of nitrogens with one attached hydrogen (secondary N) is 1. The summed E-state index contributed by atoms with van der Waals surface area (Å²) < 4.78 is 26.1. The first-order valence-corrected chi connectivity index (χ1v) is 6.22. The van der Waals surface area contributed by atoms with Gasteiger partial charge in [0.1, 0.15) is 0 Å². The zero-order valence-corrected chi connectivity index (χ0v) is 10.4. The van der Waals surface area contributed by atoms with Crippen molar-refractivity contribution in [3.63, 3.8) is 0 Å². The van der Waals surface area contributed by atoms with Crippen molar-refractivity contribution < 1.29 is 8.78 Å². The minimum Gasteiger partial charge on any atom is -0.305 e. The number of rotatable bonds is 5. The Morgan fingerprint density at radius 2 is 1.78 bits per heavy atom. The molecule has 2 rings (SSSR count). The Kier molecular flexibility index (Phi) is 4.26. The Morgan fingerprint density at radius 3 is 2.44 bits per heavy atom. The normalized spacial score (nSPS) is 13.1. The summed E-state index contributed by atoms with van der Waals surface area (Å²) in [5.74, 6) is 0. The number of alkyl halides is 2. The van der Waals surface area contributed by atoms with Crippen molar-refractivity contribution in [2.75, 3.05) is 6.54 Å². The van der Waals surface area contributed by atoms with Crippen LogP contribution >= 0.6 is 0 Å². The molecule has 0 amide bonds. The molecule has 0 fully saturated rings. The molecule has 3 heteroatoms. The van der Waals surface area contributed by atoms with Gasteiger partial charge in [-0.25, -0.2) is 8.78 Å². The predicted octanol–water partition coefficient (Wildman–Crippen LogP) is 4.15. The number of hydrogen-bond donors (Lipinski definition) is 1. The first-order valence-electron chi connectivity index (χ1n) is 6.22. The summed E-state index contributed by atoms with van der Waals surface area (Å²) in [5, 5.41) is 4.97. The summed E-state index contributed by atoms with van der Waals surface area (Å²) in [6.07, 6.45) is -1.55. The highest BCUT2D eigenvalue weighted by Gasteiger charge is 2.21. The molecular formula is C15H17F2N. The van der Waals surface area contributed by atoms with Gasteiger partial charge in [-0.1, -0.05) is 43.3 Å². The molecule has 0 spiro atoms. The number of fused-ring (bicyclic) bond motifs is 1. The highest BCUT2D eigenvalue weighted by molar-refractivity contribution is 5.83. The van der Waals surface area contributed by atoms with E-state index in [0.717, 1.165) is 17.2 Å². The van der Waals surface area contributed by atoms with Crippen LogP contribution in [-0.2, 0) is 0 Å². The van der Waals surface area contributed by atoms with Crippen LogP contribution in [-0.4, -0.2) is 13.0 Å². The van der Waals surface area contributed by atoms with Crippen LogP contribution in [0.5, 0.6) is 0 Å². The van der Waals surface area contributed by atoms with Crippen molar-refractivity contribution in [3.8, 4) is 0 Å². The smallest absolute Gasteiger partial charge is 0.257 e. The summed E-state index contributed by atoms with van der Waals surface area (Å²) >= 11 is 0. The third-order valence-electron chi connectivity index (χ3n) is 3.00. The molecule has 2 aromatic rings. The lowest BCUT2D eigenvalue weighted by molar-refractivity contribution is 0.0986. The quantitative estimate of drug-likeness (QED) is 0.839. The van der Waals surface area contributed by atoms with Gasteiger partial charge in [-0.15, -0.1) is 0 Å². The second-order valence-corrected chi connectivity index (χ2v) is 4.37. The summed E-state index contributed by atoms with van der Waals surface area (Å²) in [4.78, 5) is 0. The van der Waals surface area contributed by atoms with Gasteiger partial charge in [-0.3, -0.25) is 0 Å². The van der Waals surface area contributed by atoms with Crippen molar-refractivity contribution in [3.05, 3.63) is 48.0 Å². The molecule has 2 aromatic carbocycles. The van der Waals surface area contributed by atoms with Crippen molar-refractivity contribution in [2.24, 2.45) is 0 Å². The Bertz CT molecular complexity index is 511. The van der Waals surface area contributed by atoms with E-state index in [1.54, 1.807) is 6.07 Å². The molecule has 0 aliphatic heterocycles. The second kappa shape index (κ2) is 5.91. The Hall–Kier alpha value is -1.48. The third kappa shape index (κ3) is 2.85. The average molecular weight is 249 g/mol. The maximum atomic E-state index is 13.0. The minimum absolute atomic E-state index is 0.599. The number of benzene rings is 2. The van der Waals surface area contributed by atoms with E-state index in [1.165, 1.54) is 0 Å². The third-order valence-corrected chi connectivity index (χ3v) is 3.00. The molecule has 18 heavy (non-hydrogen) atoms. The standard InChI is InChI=1S/C15H17F2N/c1-2-9-18-14(15(16)17)13-8-7-11-5-3-4-6-12(11)10-13/h3-8,10,14-15,18H,2,9H2,1H3. The molecule has 0 saturated carbocycles. The van der Waals surface area contributed by atoms with Crippen LogP contribution in [0.1, 0.15) is 24.9 Å². The molecule has 1 atom stereocenters. The zero-order chi connectivity index (χ0) is 13.0. The van der Waals surface area contributed by atoms with Gasteiger partial charge < -0.3 is 5.32 Å². The van der Waals surface area contributed by atoms with Crippen LogP contribution in [0.25, 0.3) is 10.8 Å². The second-order valence-electron chi connectivity index (χ2n) is 4.37. The van der Waals surface area contributed by atoms with Crippen LogP contribution in [0.4, 0.5) is 8.78 Å². The largest absolute Gasteiger partial charge is 0.305 e. The molecule has 0 radical (unpaired) electrons. The number of hydrogen-bond acceptors (Lipinski definition) is 1. The van der Waals surface area contributed by atoms with Gasteiger partial charge in [-0.05, 0) is 35.4 Å². The monoisotopic (exact) mass is 249 g/mol. The Labute approximate surface area is 106 Å². The van der Waals surface area contributed by atoms with Crippen LogP contribution in [0.2, 0.25) is 0 Å². The van der Waals surface area contributed by atoms with E-state index in [-0.39, 0.29) is 0 Å². The topological polar surface area (TPSA) is 12.0 Å². The van der Waals surface area contributed by atoms with Gasteiger partial charge in [0.25, 0.3) is 6.43 Å². The van der Waals surface area contributed by atoms with Crippen molar-refractivity contribution in [1.82, 2.24) is 5.32 Å². The molecule has 0 heterocycles. The maximum Gasteiger partial charge on any atom is 0.257 e. The summed E-state index contributed by atoms with van der Waals surface area (Å²) in [6, 6.07) is 12.4. The first kappa shape index (κ1) is 13.0. The van der Waals surface area contributed by atoms with E-state index in [0.29, 0.717) is 12.1 Å². The van der Waals surface area contributed by atoms with Crippen molar-refractivity contribution in [1.29, 1.82) is 0 Å². The molecule has 1 unspecified atom stereocenters. The highest BCUT2D eigenvalue weighted by Crippen LogP contribution is 2.24. The molecule has 0 aromatic heterocycles. The zero-order valence-electron chi connectivity index (χ0n) is 10.4. The summed E-state index contributed by atoms with van der Waals surface area (Å²) in [6.45, 7) is 2.57. The van der Waals surface area contributed by atoms with Gasteiger partial charge in [-0.2, -0.15) is 0 Å². The average Bonchev–Trinajstić information content (AvgIpc) is 2.38. The van der Waals surface area contributed by atoms with E-state index < -0.39 is 12.5 Å². The molecule has 0 aliphatic carbocycles. The van der Waals surface area contributed by atoms with E-state index in [9.17, 15) is 8.78 Å². The predicted molar refractivity (Wildman–Crippen MR) is 71.0 cm³/mol. The fourth-order valence-corrected chi connectivity index (χ4v) is 2.05. The van der Waals surface area contributed by atoms with Gasteiger partial charge in [0.15, 0.2) is 0 Å². The van der Waals surface area contributed by atoms with Crippen LogP contribution in [0, 0.1) is 0 Å². The maximum absolute atomic E-state index is 13.0. The highest BCUT2D eigenvalue weighted by atomic mass is 19.3.